The number of esters is 1. The van der Waals surface area contributed by atoms with Crippen LogP contribution in [-0.4, -0.2) is 32.9 Å². The minimum atomic E-state index is -0.523. The molecule has 0 amide bonds. The molecule has 0 fully saturated rings. The molecule has 0 aliphatic carbocycles. The third-order valence-corrected chi connectivity index (χ3v) is 4.71. The molecule has 4 aromatic rings. The van der Waals surface area contributed by atoms with Crippen molar-refractivity contribution < 1.29 is 18.3 Å². The standard InChI is InChI=1S/C18H13FN4O3S/c1-25-17(24)15-8-6-13(26-15)10-27-18-21-20-16-9-7-14(22-23(16)18)11-2-4-12(19)5-3-11/h2-9H,10H2,1H3. The SMILES string of the molecule is COC(=O)c1ccc(CSc2nnc3ccc(-c4ccc(F)cc4)nn23)o1. The maximum atomic E-state index is 13.1. The van der Waals surface area contributed by atoms with E-state index in [2.05, 4.69) is 20.0 Å². The van der Waals surface area contributed by atoms with Crippen LogP contribution < -0.4 is 0 Å². The summed E-state index contributed by atoms with van der Waals surface area (Å²) in [5, 5.41) is 13.3. The molecular formula is C18H13FN4O3S. The van der Waals surface area contributed by atoms with Gasteiger partial charge in [-0.15, -0.1) is 10.2 Å². The number of carbonyl (C=O) groups excluding carboxylic acids is 1. The van der Waals surface area contributed by atoms with Gasteiger partial charge in [0.2, 0.25) is 10.9 Å². The van der Waals surface area contributed by atoms with E-state index in [-0.39, 0.29) is 11.6 Å². The number of hydrogen-bond donors (Lipinski definition) is 0. The Labute approximate surface area is 157 Å². The molecule has 0 unspecified atom stereocenters. The number of hydrogen-bond acceptors (Lipinski definition) is 7. The van der Waals surface area contributed by atoms with Crippen LogP contribution in [0, 0.1) is 5.82 Å². The first-order valence-corrected chi connectivity index (χ1v) is 8.91. The van der Waals surface area contributed by atoms with E-state index in [1.54, 1.807) is 40.9 Å². The van der Waals surface area contributed by atoms with Crippen LogP contribution in [0.2, 0.25) is 0 Å². The first kappa shape index (κ1) is 17.2. The summed E-state index contributed by atoms with van der Waals surface area (Å²) in [5.74, 6) is 0.373. The Bertz CT molecular complexity index is 1110. The van der Waals surface area contributed by atoms with Gasteiger partial charge >= 0.3 is 5.97 Å². The molecule has 0 saturated carbocycles. The smallest absolute Gasteiger partial charge is 0.373 e. The highest BCUT2D eigenvalue weighted by molar-refractivity contribution is 7.98. The van der Waals surface area contributed by atoms with Gasteiger partial charge < -0.3 is 9.15 Å². The Morgan fingerprint density at radius 2 is 1.96 bits per heavy atom. The number of carbonyl (C=O) groups is 1. The van der Waals surface area contributed by atoms with Crippen LogP contribution in [0.3, 0.4) is 0 Å². The minimum Gasteiger partial charge on any atom is -0.463 e. The molecule has 3 heterocycles. The third-order valence-electron chi connectivity index (χ3n) is 3.77. The lowest BCUT2D eigenvalue weighted by Crippen LogP contribution is -1.98. The van der Waals surface area contributed by atoms with Crippen LogP contribution in [0.15, 0.2) is 58.1 Å². The van der Waals surface area contributed by atoms with Crippen LogP contribution in [0.5, 0.6) is 0 Å². The van der Waals surface area contributed by atoms with Crippen molar-refractivity contribution in [1.29, 1.82) is 0 Å². The summed E-state index contributed by atoms with van der Waals surface area (Å²) in [6, 6.07) is 13.0. The summed E-state index contributed by atoms with van der Waals surface area (Å²) < 4.78 is 24.8. The van der Waals surface area contributed by atoms with Crippen molar-refractivity contribution in [3.05, 3.63) is 65.9 Å². The van der Waals surface area contributed by atoms with E-state index in [9.17, 15) is 9.18 Å². The Morgan fingerprint density at radius 3 is 2.74 bits per heavy atom. The molecule has 0 bridgehead atoms. The molecule has 3 aromatic heterocycles. The molecule has 0 aliphatic heterocycles. The van der Waals surface area contributed by atoms with Crippen molar-refractivity contribution in [1.82, 2.24) is 19.8 Å². The fourth-order valence-corrected chi connectivity index (χ4v) is 3.22. The number of thioether (sulfide) groups is 1. The molecule has 0 spiro atoms. The lowest BCUT2D eigenvalue weighted by atomic mass is 10.1. The summed E-state index contributed by atoms with van der Waals surface area (Å²) in [6.07, 6.45) is 0. The maximum Gasteiger partial charge on any atom is 0.373 e. The van der Waals surface area contributed by atoms with Crippen LogP contribution in [0.1, 0.15) is 16.3 Å². The topological polar surface area (TPSA) is 82.5 Å². The fourth-order valence-electron chi connectivity index (χ4n) is 2.44. The average molecular weight is 384 g/mol. The number of furan rings is 1. The van der Waals surface area contributed by atoms with E-state index in [4.69, 9.17) is 4.42 Å². The summed E-state index contributed by atoms with van der Waals surface area (Å²) in [6.45, 7) is 0. The monoisotopic (exact) mass is 384 g/mol. The number of ether oxygens (including phenoxy) is 1. The van der Waals surface area contributed by atoms with E-state index >= 15 is 0 Å². The van der Waals surface area contributed by atoms with Gasteiger partial charge in [-0.25, -0.2) is 9.18 Å². The molecule has 0 saturated heterocycles. The molecule has 0 atom stereocenters. The van der Waals surface area contributed by atoms with Gasteiger partial charge in [0, 0.05) is 5.56 Å². The van der Waals surface area contributed by atoms with Crippen molar-refractivity contribution >= 4 is 23.4 Å². The molecule has 0 aliphatic rings. The van der Waals surface area contributed by atoms with Crippen LogP contribution >= 0.6 is 11.8 Å². The molecular weight excluding hydrogens is 371 g/mol. The van der Waals surface area contributed by atoms with E-state index in [0.29, 0.717) is 28.0 Å². The lowest BCUT2D eigenvalue weighted by molar-refractivity contribution is 0.0563. The highest BCUT2D eigenvalue weighted by Crippen LogP contribution is 2.24. The summed E-state index contributed by atoms with van der Waals surface area (Å²) in [4.78, 5) is 11.4. The van der Waals surface area contributed by atoms with Crippen molar-refractivity contribution in [3.63, 3.8) is 0 Å². The summed E-state index contributed by atoms with van der Waals surface area (Å²) >= 11 is 1.37. The van der Waals surface area contributed by atoms with E-state index in [0.717, 1.165) is 5.56 Å². The second kappa shape index (κ2) is 7.20. The number of halogens is 1. The number of nitrogens with zero attached hydrogens (tertiary/aromatic N) is 4. The Kier molecular flexibility index (Phi) is 4.59. The normalized spacial score (nSPS) is 11.0. The molecule has 4 rings (SSSR count). The van der Waals surface area contributed by atoms with Crippen molar-refractivity contribution in [2.75, 3.05) is 7.11 Å². The minimum absolute atomic E-state index is 0.149. The Hall–Kier alpha value is -3.20. The van der Waals surface area contributed by atoms with Gasteiger partial charge in [0.05, 0.1) is 18.6 Å². The summed E-state index contributed by atoms with van der Waals surface area (Å²) in [7, 11) is 1.30. The zero-order valence-corrected chi connectivity index (χ0v) is 14.9. The molecule has 0 N–H and O–H groups in total. The van der Waals surface area contributed by atoms with Gasteiger partial charge in [-0.05, 0) is 48.5 Å². The van der Waals surface area contributed by atoms with Gasteiger partial charge in [-0.3, -0.25) is 0 Å². The largest absolute Gasteiger partial charge is 0.463 e. The number of benzene rings is 1. The number of methoxy groups -OCH3 is 1. The predicted molar refractivity (Wildman–Crippen MR) is 95.8 cm³/mol. The fraction of sp³-hybridized carbons (Fsp3) is 0.111. The van der Waals surface area contributed by atoms with E-state index in [1.807, 2.05) is 0 Å². The third kappa shape index (κ3) is 3.54. The van der Waals surface area contributed by atoms with Gasteiger partial charge in [0.15, 0.2) is 5.65 Å². The van der Waals surface area contributed by atoms with Crippen molar-refractivity contribution in [2.45, 2.75) is 10.9 Å². The number of fused-ring (bicyclic) bond motifs is 1. The highest BCUT2D eigenvalue weighted by Gasteiger charge is 2.14. The van der Waals surface area contributed by atoms with Gasteiger partial charge in [0.25, 0.3) is 0 Å². The zero-order valence-electron chi connectivity index (χ0n) is 14.1. The molecule has 9 heteroatoms. The first-order chi connectivity index (χ1) is 13.1. The molecule has 136 valence electrons. The van der Waals surface area contributed by atoms with Crippen LogP contribution in [0.4, 0.5) is 4.39 Å². The number of rotatable bonds is 5. The second-order valence-electron chi connectivity index (χ2n) is 5.52. The highest BCUT2D eigenvalue weighted by atomic mass is 32.2. The molecule has 7 nitrogen and oxygen atoms in total. The first-order valence-electron chi connectivity index (χ1n) is 7.92. The summed E-state index contributed by atoms with van der Waals surface area (Å²) in [5.41, 5.74) is 2.06. The van der Waals surface area contributed by atoms with Gasteiger partial charge in [-0.2, -0.15) is 9.61 Å². The van der Waals surface area contributed by atoms with Crippen LogP contribution in [0.25, 0.3) is 16.9 Å². The molecule has 0 radical (unpaired) electrons. The van der Waals surface area contributed by atoms with Crippen molar-refractivity contribution in [2.24, 2.45) is 0 Å². The average Bonchev–Trinajstić information content (AvgIpc) is 3.33. The van der Waals surface area contributed by atoms with Gasteiger partial charge in [-0.1, -0.05) is 11.8 Å². The van der Waals surface area contributed by atoms with E-state index in [1.165, 1.54) is 31.0 Å². The predicted octanol–water partition coefficient (Wildman–Crippen LogP) is 3.60. The second-order valence-corrected chi connectivity index (χ2v) is 6.47. The quantitative estimate of drug-likeness (QED) is 0.384. The molecule has 27 heavy (non-hydrogen) atoms. The van der Waals surface area contributed by atoms with Crippen molar-refractivity contribution in [3.8, 4) is 11.3 Å². The zero-order chi connectivity index (χ0) is 18.8. The maximum absolute atomic E-state index is 13.1. The molecule has 1 aromatic carbocycles. The van der Waals surface area contributed by atoms with Gasteiger partial charge in [0.1, 0.15) is 11.6 Å². The van der Waals surface area contributed by atoms with Crippen LogP contribution in [-0.2, 0) is 10.5 Å². The Balaban J connectivity index is 1.57. The lowest BCUT2D eigenvalue weighted by Gasteiger charge is -2.03. The Morgan fingerprint density at radius 1 is 1.15 bits per heavy atom. The number of aromatic nitrogens is 4. The van der Waals surface area contributed by atoms with E-state index < -0.39 is 5.97 Å².